The number of hydrogen-bond acceptors (Lipinski definition) is 2. The summed E-state index contributed by atoms with van der Waals surface area (Å²) in [6.45, 7) is 6.73. The summed E-state index contributed by atoms with van der Waals surface area (Å²) in [6.07, 6.45) is -4.45. The summed E-state index contributed by atoms with van der Waals surface area (Å²) in [5.74, 6) is -0.505. The number of rotatable bonds is 2. The number of hydrogen-bond donors (Lipinski definition) is 2. The molecule has 21 heavy (non-hydrogen) atoms. The van der Waals surface area contributed by atoms with Crippen LogP contribution in [0.5, 0.6) is 0 Å². The van der Waals surface area contributed by atoms with E-state index in [9.17, 15) is 18.0 Å². The van der Waals surface area contributed by atoms with E-state index in [4.69, 9.17) is 5.73 Å². The molecule has 0 aliphatic rings. The minimum absolute atomic E-state index is 0. The molecule has 0 radical (unpaired) electrons. The number of halogens is 4. The van der Waals surface area contributed by atoms with Crippen LogP contribution in [0.25, 0.3) is 0 Å². The van der Waals surface area contributed by atoms with Crippen molar-refractivity contribution in [1.29, 1.82) is 0 Å². The fourth-order valence-electron chi connectivity index (χ4n) is 1.62. The van der Waals surface area contributed by atoms with E-state index < -0.39 is 29.1 Å². The van der Waals surface area contributed by atoms with Gasteiger partial charge in [-0.15, -0.1) is 12.4 Å². The molecule has 0 aliphatic carbocycles. The predicted octanol–water partition coefficient (Wildman–Crippen LogP) is 3.75. The van der Waals surface area contributed by atoms with Crippen molar-refractivity contribution in [2.24, 2.45) is 11.1 Å². The second-order valence-corrected chi connectivity index (χ2v) is 5.86. The van der Waals surface area contributed by atoms with Crippen LogP contribution in [0.2, 0.25) is 0 Å². The van der Waals surface area contributed by atoms with Gasteiger partial charge in [-0.1, -0.05) is 26.8 Å². The number of aryl methyl sites for hydroxylation is 1. The van der Waals surface area contributed by atoms with Gasteiger partial charge in [-0.25, -0.2) is 0 Å². The van der Waals surface area contributed by atoms with Gasteiger partial charge < -0.3 is 11.1 Å². The molecule has 0 aromatic heterocycles. The van der Waals surface area contributed by atoms with Gasteiger partial charge in [0, 0.05) is 5.69 Å². The first-order valence-corrected chi connectivity index (χ1v) is 6.17. The molecule has 1 amide bonds. The van der Waals surface area contributed by atoms with Gasteiger partial charge in [-0.2, -0.15) is 13.2 Å². The maximum atomic E-state index is 12.8. The van der Waals surface area contributed by atoms with Gasteiger partial charge in [-0.3, -0.25) is 4.79 Å². The normalized spacial score (nSPS) is 13.3. The Hall–Kier alpha value is -1.27. The zero-order chi connectivity index (χ0) is 15.7. The summed E-state index contributed by atoms with van der Waals surface area (Å²) < 4.78 is 38.3. The van der Waals surface area contributed by atoms with Crippen molar-refractivity contribution >= 4 is 24.0 Å². The largest absolute Gasteiger partial charge is 0.416 e. The summed E-state index contributed by atoms with van der Waals surface area (Å²) in [5, 5.41) is 2.42. The Labute approximate surface area is 128 Å². The standard InChI is InChI=1S/C14H19F3N2O.ClH/c1-8-5-6-9(7-10(8)14(15,16)17)19-12(20)11(18)13(2,3)4;/h5-7,11H,18H2,1-4H3,(H,19,20);1H/t11-;/m1./s1. The fourth-order valence-corrected chi connectivity index (χ4v) is 1.62. The molecule has 0 bridgehead atoms. The first kappa shape index (κ1) is 19.7. The van der Waals surface area contributed by atoms with Gasteiger partial charge in [0.05, 0.1) is 11.6 Å². The highest BCUT2D eigenvalue weighted by molar-refractivity contribution is 5.95. The summed E-state index contributed by atoms with van der Waals surface area (Å²) in [5.41, 5.74) is 4.72. The lowest BCUT2D eigenvalue weighted by atomic mass is 9.87. The fraction of sp³-hybridized carbons (Fsp3) is 0.500. The number of carbonyl (C=O) groups excluding carboxylic acids is 1. The van der Waals surface area contributed by atoms with Gasteiger partial charge in [0.15, 0.2) is 0 Å². The lowest BCUT2D eigenvalue weighted by Crippen LogP contribution is -2.45. The molecule has 3 N–H and O–H groups in total. The smallest absolute Gasteiger partial charge is 0.325 e. The third kappa shape index (κ3) is 5.21. The van der Waals surface area contributed by atoms with E-state index in [0.717, 1.165) is 6.07 Å². The molecule has 1 aromatic carbocycles. The van der Waals surface area contributed by atoms with E-state index in [1.54, 1.807) is 20.8 Å². The van der Waals surface area contributed by atoms with Gasteiger partial charge in [-0.05, 0) is 30.0 Å². The van der Waals surface area contributed by atoms with Crippen molar-refractivity contribution in [3.05, 3.63) is 29.3 Å². The van der Waals surface area contributed by atoms with Crippen molar-refractivity contribution < 1.29 is 18.0 Å². The molecule has 1 aromatic rings. The molecule has 0 unspecified atom stereocenters. The van der Waals surface area contributed by atoms with Crippen LogP contribution >= 0.6 is 12.4 Å². The van der Waals surface area contributed by atoms with Gasteiger partial charge in [0.1, 0.15) is 0 Å². The molecular weight excluding hydrogens is 305 g/mol. The highest BCUT2D eigenvalue weighted by atomic mass is 35.5. The summed E-state index contributed by atoms with van der Waals surface area (Å²) in [7, 11) is 0. The summed E-state index contributed by atoms with van der Waals surface area (Å²) in [4.78, 5) is 11.9. The molecule has 0 fully saturated rings. The lowest BCUT2D eigenvalue weighted by molar-refractivity contribution is -0.138. The average molecular weight is 325 g/mol. The van der Waals surface area contributed by atoms with Gasteiger partial charge in [0.2, 0.25) is 5.91 Å². The van der Waals surface area contributed by atoms with E-state index in [2.05, 4.69) is 5.32 Å². The molecule has 1 atom stereocenters. The van der Waals surface area contributed by atoms with Crippen LogP contribution in [0.3, 0.4) is 0 Å². The molecule has 120 valence electrons. The highest BCUT2D eigenvalue weighted by Gasteiger charge is 2.33. The van der Waals surface area contributed by atoms with E-state index in [1.165, 1.54) is 19.1 Å². The van der Waals surface area contributed by atoms with Crippen molar-refractivity contribution in [1.82, 2.24) is 0 Å². The number of nitrogens with two attached hydrogens (primary N) is 1. The topological polar surface area (TPSA) is 55.1 Å². The van der Waals surface area contributed by atoms with Crippen LogP contribution < -0.4 is 11.1 Å². The van der Waals surface area contributed by atoms with Crippen LogP contribution in [0.4, 0.5) is 18.9 Å². The Balaban J connectivity index is 0.00000400. The lowest BCUT2D eigenvalue weighted by Gasteiger charge is -2.26. The number of alkyl halides is 3. The quantitative estimate of drug-likeness (QED) is 0.870. The highest BCUT2D eigenvalue weighted by Crippen LogP contribution is 2.33. The number of nitrogens with one attached hydrogen (secondary N) is 1. The monoisotopic (exact) mass is 324 g/mol. The van der Waals surface area contributed by atoms with Crippen LogP contribution in [-0.4, -0.2) is 11.9 Å². The van der Waals surface area contributed by atoms with Crippen molar-refractivity contribution in [3.63, 3.8) is 0 Å². The van der Waals surface area contributed by atoms with E-state index >= 15 is 0 Å². The van der Waals surface area contributed by atoms with Gasteiger partial charge in [0.25, 0.3) is 0 Å². The second kappa shape index (κ2) is 6.66. The molecule has 0 saturated carbocycles. The third-order valence-corrected chi connectivity index (χ3v) is 3.03. The van der Waals surface area contributed by atoms with E-state index in [-0.39, 0.29) is 23.7 Å². The third-order valence-electron chi connectivity index (χ3n) is 3.03. The zero-order valence-corrected chi connectivity index (χ0v) is 13.2. The van der Waals surface area contributed by atoms with Crippen LogP contribution in [-0.2, 0) is 11.0 Å². The maximum absolute atomic E-state index is 12.8. The molecule has 7 heteroatoms. The minimum Gasteiger partial charge on any atom is -0.325 e. The molecule has 0 saturated heterocycles. The predicted molar refractivity (Wildman–Crippen MR) is 79.5 cm³/mol. The molecular formula is C14H20ClF3N2O. The first-order chi connectivity index (χ1) is 8.93. The Kier molecular flexibility index (Phi) is 6.26. The minimum atomic E-state index is -4.45. The molecule has 3 nitrogen and oxygen atoms in total. The second-order valence-electron chi connectivity index (χ2n) is 5.86. The van der Waals surface area contributed by atoms with E-state index in [0.29, 0.717) is 0 Å². The van der Waals surface area contributed by atoms with Gasteiger partial charge >= 0.3 is 6.18 Å². The molecule has 0 heterocycles. The maximum Gasteiger partial charge on any atom is 0.416 e. The average Bonchev–Trinajstić information content (AvgIpc) is 2.27. The zero-order valence-electron chi connectivity index (χ0n) is 12.3. The number of anilines is 1. The number of amides is 1. The number of carbonyl (C=O) groups is 1. The summed E-state index contributed by atoms with van der Waals surface area (Å²) >= 11 is 0. The summed E-state index contributed by atoms with van der Waals surface area (Å²) in [6, 6.07) is 2.86. The Morgan fingerprint density at radius 2 is 1.76 bits per heavy atom. The van der Waals surface area contributed by atoms with Crippen LogP contribution in [0.1, 0.15) is 31.9 Å². The first-order valence-electron chi connectivity index (χ1n) is 6.17. The Morgan fingerprint density at radius 3 is 2.19 bits per heavy atom. The van der Waals surface area contributed by atoms with Crippen molar-refractivity contribution in [3.8, 4) is 0 Å². The van der Waals surface area contributed by atoms with Crippen LogP contribution in [0.15, 0.2) is 18.2 Å². The SMILES string of the molecule is Cc1ccc(NC(=O)[C@@H](N)C(C)(C)C)cc1C(F)(F)F.Cl. The number of benzene rings is 1. The molecule has 0 aliphatic heterocycles. The Bertz CT molecular complexity index is 510. The molecule has 1 rings (SSSR count). The van der Waals surface area contributed by atoms with Crippen molar-refractivity contribution in [2.75, 3.05) is 5.32 Å². The molecule has 0 spiro atoms. The van der Waals surface area contributed by atoms with Crippen LogP contribution in [0, 0.1) is 12.3 Å². The van der Waals surface area contributed by atoms with Crippen molar-refractivity contribution in [2.45, 2.75) is 39.9 Å². The van der Waals surface area contributed by atoms with E-state index in [1.807, 2.05) is 0 Å². The Morgan fingerprint density at radius 1 is 1.24 bits per heavy atom.